The van der Waals surface area contributed by atoms with Crippen LogP contribution in [0.2, 0.25) is 0 Å². The molecule has 0 amide bonds. The molecule has 0 unspecified atom stereocenters. The third kappa shape index (κ3) is 11.6. The van der Waals surface area contributed by atoms with Crippen LogP contribution in [0, 0.1) is 0 Å². The second-order valence-electron chi connectivity index (χ2n) is 6.98. The van der Waals surface area contributed by atoms with E-state index in [1.54, 1.807) is 0 Å². The van der Waals surface area contributed by atoms with Gasteiger partial charge < -0.3 is 0 Å². The lowest BCUT2D eigenvalue weighted by molar-refractivity contribution is -0.115. The van der Waals surface area contributed by atoms with Gasteiger partial charge in [0.1, 0.15) is 0 Å². The summed E-state index contributed by atoms with van der Waals surface area (Å²) in [4.78, 5) is 12.8. The van der Waals surface area contributed by atoms with Gasteiger partial charge in [-0.25, -0.2) is 0 Å². The largest absolute Gasteiger partial charge is 0.295 e. The Morgan fingerprint density at radius 2 is 0.957 bits per heavy atom. The van der Waals surface area contributed by atoms with Crippen molar-refractivity contribution in [3.8, 4) is 0 Å². The first-order chi connectivity index (χ1) is 11.2. The molecule has 0 aromatic rings. The van der Waals surface area contributed by atoms with Gasteiger partial charge in [-0.3, -0.25) is 4.79 Å². The smallest absolute Gasteiger partial charge is 0.158 e. The maximum Gasteiger partial charge on any atom is 0.158 e. The van der Waals surface area contributed by atoms with Gasteiger partial charge in [0.15, 0.2) is 5.78 Å². The standard InChI is InChI=1S/C22H42O/c1-5-9-13-16-20(17-14-10-6-2)21(18-12-8-4)22(23)19-15-11-7-3/h5-19H2,1-4H3. The zero-order valence-electron chi connectivity index (χ0n) is 16.5. The summed E-state index contributed by atoms with van der Waals surface area (Å²) in [7, 11) is 0. The highest BCUT2D eigenvalue weighted by Crippen LogP contribution is 2.26. The van der Waals surface area contributed by atoms with Crippen molar-refractivity contribution >= 4 is 5.78 Å². The van der Waals surface area contributed by atoms with Crippen molar-refractivity contribution in [2.24, 2.45) is 0 Å². The third-order valence-corrected chi connectivity index (χ3v) is 4.72. The number of hydrogen-bond donors (Lipinski definition) is 0. The Bertz CT molecular complexity index is 302. The minimum absolute atomic E-state index is 0.467. The molecule has 0 aromatic carbocycles. The lowest BCUT2D eigenvalue weighted by atomic mass is 9.89. The molecule has 0 fully saturated rings. The first-order valence-electron chi connectivity index (χ1n) is 10.4. The van der Waals surface area contributed by atoms with Crippen LogP contribution in [-0.4, -0.2) is 5.78 Å². The number of unbranched alkanes of at least 4 members (excludes halogenated alkanes) is 7. The van der Waals surface area contributed by atoms with E-state index in [1.165, 1.54) is 75.4 Å². The SMILES string of the molecule is CCCCCC(=O)C(CCCC)=C(CCCCC)CCCCC. The number of carbonyl (C=O) groups excluding carboxylic acids is 1. The van der Waals surface area contributed by atoms with E-state index in [1.807, 2.05) is 0 Å². The Hall–Kier alpha value is -0.590. The molecule has 0 radical (unpaired) electrons. The molecular formula is C22H42O. The van der Waals surface area contributed by atoms with Crippen molar-refractivity contribution in [2.45, 2.75) is 124 Å². The Labute approximate surface area is 146 Å². The topological polar surface area (TPSA) is 17.1 Å². The molecule has 0 bridgehead atoms. The number of carbonyl (C=O) groups is 1. The second-order valence-corrected chi connectivity index (χ2v) is 6.98. The van der Waals surface area contributed by atoms with E-state index in [-0.39, 0.29) is 0 Å². The van der Waals surface area contributed by atoms with Gasteiger partial charge in [0.05, 0.1) is 0 Å². The van der Waals surface area contributed by atoms with Gasteiger partial charge in [-0.1, -0.05) is 78.2 Å². The Morgan fingerprint density at radius 1 is 0.522 bits per heavy atom. The summed E-state index contributed by atoms with van der Waals surface area (Å²) < 4.78 is 0. The molecule has 1 nitrogen and oxygen atoms in total. The summed E-state index contributed by atoms with van der Waals surface area (Å²) >= 11 is 0. The predicted octanol–water partition coefficient (Wildman–Crippen LogP) is 7.78. The molecule has 0 aliphatic rings. The van der Waals surface area contributed by atoms with Gasteiger partial charge in [-0.2, -0.15) is 0 Å². The monoisotopic (exact) mass is 322 g/mol. The van der Waals surface area contributed by atoms with Crippen LogP contribution in [0.4, 0.5) is 0 Å². The summed E-state index contributed by atoms with van der Waals surface area (Å²) in [6, 6.07) is 0. The van der Waals surface area contributed by atoms with Gasteiger partial charge in [-0.05, 0) is 50.5 Å². The van der Waals surface area contributed by atoms with Crippen LogP contribution < -0.4 is 0 Å². The quantitative estimate of drug-likeness (QED) is 0.209. The first kappa shape index (κ1) is 22.4. The number of ketones is 1. The molecule has 0 heterocycles. The van der Waals surface area contributed by atoms with Crippen molar-refractivity contribution in [1.82, 2.24) is 0 Å². The number of hydrogen-bond acceptors (Lipinski definition) is 1. The van der Waals surface area contributed by atoms with E-state index in [0.717, 1.165) is 32.1 Å². The van der Waals surface area contributed by atoms with Crippen LogP contribution >= 0.6 is 0 Å². The van der Waals surface area contributed by atoms with Crippen molar-refractivity contribution in [2.75, 3.05) is 0 Å². The van der Waals surface area contributed by atoms with Gasteiger partial charge in [0.25, 0.3) is 0 Å². The fourth-order valence-corrected chi connectivity index (χ4v) is 3.16. The summed E-state index contributed by atoms with van der Waals surface area (Å²) in [5, 5.41) is 0. The van der Waals surface area contributed by atoms with E-state index in [0.29, 0.717) is 5.78 Å². The Morgan fingerprint density at radius 3 is 1.39 bits per heavy atom. The van der Waals surface area contributed by atoms with Crippen molar-refractivity contribution in [3.63, 3.8) is 0 Å². The van der Waals surface area contributed by atoms with Gasteiger partial charge in [0.2, 0.25) is 0 Å². The van der Waals surface area contributed by atoms with E-state index in [9.17, 15) is 4.79 Å². The van der Waals surface area contributed by atoms with E-state index in [4.69, 9.17) is 0 Å². The average molecular weight is 323 g/mol. The Balaban J connectivity index is 4.97. The molecule has 0 aromatic heterocycles. The van der Waals surface area contributed by atoms with Crippen LogP contribution in [0.15, 0.2) is 11.1 Å². The molecule has 0 saturated heterocycles. The van der Waals surface area contributed by atoms with Crippen LogP contribution in [0.25, 0.3) is 0 Å². The Kier molecular flexibility index (Phi) is 15.9. The number of rotatable bonds is 16. The van der Waals surface area contributed by atoms with Crippen molar-refractivity contribution in [3.05, 3.63) is 11.1 Å². The second kappa shape index (κ2) is 16.3. The molecule has 0 rings (SSSR count). The minimum Gasteiger partial charge on any atom is -0.295 e. The van der Waals surface area contributed by atoms with Gasteiger partial charge in [0, 0.05) is 6.42 Å². The van der Waals surface area contributed by atoms with Crippen molar-refractivity contribution < 1.29 is 4.79 Å². The lowest BCUT2D eigenvalue weighted by Gasteiger charge is -2.15. The van der Waals surface area contributed by atoms with Crippen LogP contribution in [0.5, 0.6) is 0 Å². The highest BCUT2D eigenvalue weighted by Gasteiger charge is 2.14. The number of Topliss-reactive ketones (excluding diaryl/α,β-unsaturated/α-hetero) is 1. The normalized spacial score (nSPS) is 10.8. The van der Waals surface area contributed by atoms with Crippen molar-refractivity contribution in [1.29, 1.82) is 0 Å². The maximum absolute atomic E-state index is 12.8. The summed E-state index contributed by atoms with van der Waals surface area (Å²) in [6.45, 7) is 8.95. The summed E-state index contributed by atoms with van der Waals surface area (Å²) in [6.07, 6.45) is 17.6. The summed E-state index contributed by atoms with van der Waals surface area (Å²) in [5.74, 6) is 0.467. The highest BCUT2D eigenvalue weighted by atomic mass is 16.1. The van der Waals surface area contributed by atoms with Crippen LogP contribution in [-0.2, 0) is 4.79 Å². The van der Waals surface area contributed by atoms with E-state index < -0.39 is 0 Å². The minimum atomic E-state index is 0.467. The van der Waals surface area contributed by atoms with E-state index >= 15 is 0 Å². The average Bonchev–Trinajstić information content (AvgIpc) is 2.55. The zero-order valence-corrected chi connectivity index (χ0v) is 16.5. The van der Waals surface area contributed by atoms with Crippen LogP contribution in [0.1, 0.15) is 124 Å². The molecule has 0 spiro atoms. The number of allylic oxidation sites excluding steroid dienone is 2. The van der Waals surface area contributed by atoms with Crippen LogP contribution in [0.3, 0.4) is 0 Å². The fraction of sp³-hybridized carbons (Fsp3) is 0.864. The fourth-order valence-electron chi connectivity index (χ4n) is 3.16. The van der Waals surface area contributed by atoms with E-state index in [2.05, 4.69) is 27.7 Å². The lowest BCUT2D eigenvalue weighted by Crippen LogP contribution is -2.07. The molecule has 0 atom stereocenters. The molecule has 136 valence electrons. The third-order valence-electron chi connectivity index (χ3n) is 4.72. The molecule has 0 N–H and O–H groups in total. The molecule has 0 aliphatic carbocycles. The highest BCUT2D eigenvalue weighted by molar-refractivity contribution is 5.96. The maximum atomic E-state index is 12.8. The molecule has 0 aliphatic heterocycles. The van der Waals surface area contributed by atoms with Gasteiger partial charge >= 0.3 is 0 Å². The predicted molar refractivity (Wildman–Crippen MR) is 104 cm³/mol. The van der Waals surface area contributed by atoms with Gasteiger partial charge in [-0.15, -0.1) is 0 Å². The summed E-state index contributed by atoms with van der Waals surface area (Å²) in [5.41, 5.74) is 2.75. The first-order valence-corrected chi connectivity index (χ1v) is 10.4. The molecule has 23 heavy (non-hydrogen) atoms. The zero-order chi connectivity index (χ0) is 17.3. The molecular weight excluding hydrogens is 280 g/mol. The molecule has 1 heteroatoms. The molecule has 0 saturated carbocycles.